The molecule has 3 nitrogen and oxygen atoms in total. The smallest absolute Gasteiger partial charge is 0.237 e. The summed E-state index contributed by atoms with van der Waals surface area (Å²) in [5.74, 6) is 0.843. The zero-order valence-corrected chi connectivity index (χ0v) is 11.3. The van der Waals surface area contributed by atoms with Gasteiger partial charge in [0.25, 0.3) is 0 Å². The average Bonchev–Trinajstić information content (AvgIpc) is 2.37. The molecule has 0 unspecified atom stereocenters. The zero-order valence-electron chi connectivity index (χ0n) is 10.5. The number of carbonyl (C=O) groups is 1. The summed E-state index contributed by atoms with van der Waals surface area (Å²) in [5.41, 5.74) is 2.24. The van der Waals surface area contributed by atoms with E-state index in [1.165, 1.54) is 0 Å². The molecular formula is C13H18ClNO2. The second-order valence-corrected chi connectivity index (χ2v) is 4.15. The van der Waals surface area contributed by atoms with Gasteiger partial charge in [-0.3, -0.25) is 4.79 Å². The first-order chi connectivity index (χ1) is 8.12. The molecule has 0 atom stereocenters. The van der Waals surface area contributed by atoms with Gasteiger partial charge in [-0.1, -0.05) is 19.1 Å². The number of amides is 1. The van der Waals surface area contributed by atoms with E-state index in [-0.39, 0.29) is 11.8 Å². The molecule has 94 valence electrons. The maximum absolute atomic E-state index is 11.4. The Bertz CT molecular complexity index is 393. The number of alkyl halides is 1. The number of hydrogen-bond donors (Lipinski definition) is 0. The van der Waals surface area contributed by atoms with Crippen molar-refractivity contribution in [2.75, 3.05) is 20.0 Å². The predicted octanol–water partition coefficient (Wildman–Crippen LogP) is 2.45. The molecule has 0 bridgehead atoms. The van der Waals surface area contributed by atoms with E-state index < -0.39 is 0 Å². The molecule has 1 aromatic rings. The Kier molecular flexibility index (Phi) is 5.29. The van der Waals surface area contributed by atoms with Crippen LogP contribution in [-0.4, -0.2) is 30.8 Å². The van der Waals surface area contributed by atoms with E-state index >= 15 is 0 Å². The van der Waals surface area contributed by atoms with E-state index in [1.807, 2.05) is 12.1 Å². The topological polar surface area (TPSA) is 29.5 Å². The van der Waals surface area contributed by atoms with Crippen LogP contribution < -0.4 is 4.74 Å². The molecule has 0 saturated heterocycles. The fourth-order valence-electron chi connectivity index (χ4n) is 1.67. The summed E-state index contributed by atoms with van der Waals surface area (Å²) in [5, 5.41) is 0. The molecule has 1 aromatic carbocycles. The molecule has 1 amide bonds. The van der Waals surface area contributed by atoms with Gasteiger partial charge in [0, 0.05) is 13.6 Å². The Hall–Kier alpha value is -1.22. The largest absolute Gasteiger partial charge is 0.496 e. The van der Waals surface area contributed by atoms with Crippen molar-refractivity contribution in [3.05, 3.63) is 29.3 Å². The van der Waals surface area contributed by atoms with Crippen LogP contribution >= 0.6 is 11.6 Å². The lowest BCUT2D eigenvalue weighted by atomic mass is 10.1. The zero-order chi connectivity index (χ0) is 12.8. The molecule has 0 radical (unpaired) electrons. The first-order valence-corrected chi connectivity index (χ1v) is 6.11. The van der Waals surface area contributed by atoms with Gasteiger partial charge in [0.15, 0.2) is 0 Å². The average molecular weight is 256 g/mol. The van der Waals surface area contributed by atoms with Crippen molar-refractivity contribution in [1.29, 1.82) is 0 Å². The van der Waals surface area contributed by atoms with Crippen molar-refractivity contribution >= 4 is 17.5 Å². The summed E-state index contributed by atoms with van der Waals surface area (Å²) < 4.78 is 5.26. The molecule has 0 N–H and O–H groups in total. The summed E-state index contributed by atoms with van der Waals surface area (Å²) >= 11 is 5.51. The number of hydrogen-bond acceptors (Lipinski definition) is 2. The van der Waals surface area contributed by atoms with Crippen molar-refractivity contribution in [1.82, 2.24) is 4.90 Å². The van der Waals surface area contributed by atoms with Crippen molar-refractivity contribution < 1.29 is 9.53 Å². The fourth-order valence-corrected chi connectivity index (χ4v) is 1.87. The van der Waals surface area contributed by atoms with Crippen molar-refractivity contribution in [2.24, 2.45) is 0 Å². The van der Waals surface area contributed by atoms with Crippen LogP contribution in [0.4, 0.5) is 0 Å². The lowest BCUT2D eigenvalue weighted by Crippen LogP contribution is -2.27. The SMILES string of the molecule is CCc1cc(CN(C)C(=O)CCl)ccc1OC. The molecule has 17 heavy (non-hydrogen) atoms. The highest BCUT2D eigenvalue weighted by atomic mass is 35.5. The van der Waals surface area contributed by atoms with Crippen LogP contribution in [0.15, 0.2) is 18.2 Å². The van der Waals surface area contributed by atoms with E-state index in [0.717, 1.165) is 23.3 Å². The van der Waals surface area contributed by atoms with Gasteiger partial charge in [0.2, 0.25) is 5.91 Å². The Morgan fingerprint density at radius 1 is 1.47 bits per heavy atom. The monoisotopic (exact) mass is 255 g/mol. The highest BCUT2D eigenvalue weighted by Gasteiger charge is 2.09. The number of benzene rings is 1. The summed E-state index contributed by atoms with van der Waals surface area (Å²) in [6, 6.07) is 5.97. The highest BCUT2D eigenvalue weighted by Crippen LogP contribution is 2.21. The van der Waals surface area contributed by atoms with Crippen molar-refractivity contribution in [3.8, 4) is 5.75 Å². The molecule has 0 aliphatic carbocycles. The second-order valence-electron chi connectivity index (χ2n) is 3.88. The third kappa shape index (κ3) is 3.63. The second kappa shape index (κ2) is 6.50. The quantitative estimate of drug-likeness (QED) is 0.757. The number of carbonyl (C=O) groups excluding carboxylic acids is 1. The lowest BCUT2D eigenvalue weighted by molar-refractivity contribution is -0.127. The van der Waals surface area contributed by atoms with Crippen LogP contribution in [0.2, 0.25) is 0 Å². The van der Waals surface area contributed by atoms with Crippen LogP contribution in [0, 0.1) is 0 Å². The van der Waals surface area contributed by atoms with Gasteiger partial charge >= 0.3 is 0 Å². The van der Waals surface area contributed by atoms with Gasteiger partial charge in [-0.15, -0.1) is 11.6 Å². The minimum Gasteiger partial charge on any atom is -0.496 e. The molecule has 0 heterocycles. The number of ether oxygens (including phenoxy) is 1. The van der Waals surface area contributed by atoms with E-state index in [9.17, 15) is 4.79 Å². The normalized spacial score (nSPS) is 10.1. The molecule has 0 aliphatic heterocycles. The molecule has 0 spiro atoms. The molecule has 1 rings (SSSR count). The third-order valence-electron chi connectivity index (χ3n) is 2.69. The maximum atomic E-state index is 11.4. The van der Waals surface area contributed by atoms with Crippen LogP contribution in [0.1, 0.15) is 18.1 Å². The maximum Gasteiger partial charge on any atom is 0.237 e. The van der Waals surface area contributed by atoms with Crippen molar-refractivity contribution in [2.45, 2.75) is 19.9 Å². The minimum absolute atomic E-state index is 0.0211. The highest BCUT2D eigenvalue weighted by molar-refractivity contribution is 6.27. The first-order valence-electron chi connectivity index (χ1n) is 5.58. The van der Waals surface area contributed by atoms with Crippen LogP contribution in [0.3, 0.4) is 0 Å². The number of aryl methyl sites for hydroxylation is 1. The summed E-state index contributed by atoms with van der Waals surface area (Å²) in [6.07, 6.45) is 0.907. The van der Waals surface area contributed by atoms with E-state index in [4.69, 9.17) is 16.3 Å². The molecule has 0 aliphatic rings. The van der Waals surface area contributed by atoms with E-state index in [1.54, 1.807) is 19.1 Å². The van der Waals surface area contributed by atoms with Gasteiger partial charge in [-0.2, -0.15) is 0 Å². The molecule has 0 aromatic heterocycles. The number of methoxy groups -OCH3 is 1. The summed E-state index contributed by atoms with van der Waals surface area (Å²) in [6.45, 7) is 2.65. The molecular weight excluding hydrogens is 238 g/mol. The van der Waals surface area contributed by atoms with Crippen LogP contribution in [0.25, 0.3) is 0 Å². The van der Waals surface area contributed by atoms with Crippen LogP contribution in [-0.2, 0) is 17.8 Å². The fraction of sp³-hybridized carbons (Fsp3) is 0.462. The van der Waals surface area contributed by atoms with Gasteiger partial charge < -0.3 is 9.64 Å². The van der Waals surface area contributed by atoms with Gasteiger partial charge in [-0.05, 0) is 23.6 Å². The first kappa shape index (κ1) is 13.8. The lowest BCUT2D eigenvalue weighted by Gasteiger charge is -2.17. The van der Waals surface area contributed by atoms with E-state index in [0.29, 0.717) is 6.54 Å². The number of halogens is 1. The van der Waals surface area contributed by atoms with Gasteiger partial charge in [-0.25, -0.2) is 0 Å². The molecule has 4 heteroatoms. The Morgan fingerprint density at radius 3 is 2.71 bits per heavy atom. The Labute approximate surface area is 107 Å². The summed E-state index contributed by atoms with van der Waals surface area (Å²) in [7, 11) is 3.41. The van der Waals surface area contributed by atoms with Crippen molar-refractivity contribution in [3.63, 3.8) is 0 Å². The van der Waals surface area contributed by atoms with Crippen LogP contribution in [0.5, 0.6) is 5.75 Å². The minimum atomic E-state index is -0.0690. The van der Waals surface area contributed by atoms with Gasteiger partial charge in [0.05, 0.1) is 7.11 Å². The third-order valence-corrected chi connectivity index (χ3v) is 2.91. The predicted molar refractivity (Wildman–Crippen MR) is 69.6 cm³/mol. The van der Waals surface area contributed by atoms with E-state index in [2.05, 4.69) is 13.0 Å². The van der Waals surface area contributed by atoms with Gasteiger partial charge in [0.1, 0.15) is 11.6 Å². The molecule has 0 fully saturated rings. The number of rotatable bonds is 5. The standard InChI is InChI=1S/C13H18ClNO2/c1-4-11-7-10(5-6-12(11)17-3)9-15(2)13(16)8-14/h5-7H,4,8-9H2,1-3H3. The molecule has 0 saturated carbocycles. The number of nitrogens with zero attached hydrogens (tertiary/aromatic N) is 1. The summed E-state index contributed by atoms with van der Waals surface area (Å²) in [4.78, 5) is 13.0. The Balaban J connectivity index is 2.82. The Morgan fingerprint density at radius 2 is 2.18 bits per heavy atom.